The highest BCUT2D eigenvalue weighted by molar-refractivity contribution is 5.71. The van der Waals surface area contributed by atoms with Crippen LogP contribution >= 0.6 is 0 Å². The SMILES string of the molecule is COC(=O)C[C@H](Cc1ccc(OCc2ccccc2)cc1)N(C)CC(=O)O. The van der Waals surface area contributed by atoms with Crippen LogP contribution in [0.25, 0.3) is 0 Å². The molecule has 144 valence electrons. The molecule has 2 rings (SSSR count). The zero-order valence-electron chi connectivity index (χ0n) is 15.6. The quantitative estimate of drug-likeness (QED) is 0.647. The number of carbonyl (C=O) groups is 2. The monoisotopic (exact) mass is 371 g/mol. The Morgan fingerprint density at radius 1 is 1.04 bits per heavy atom. The van der Waals surface area contributed by atoms with Crippen LogP contribution in [-0.4, -0.2) is 48.7 Å². The van der Waals surface area contributed by atoms with Gasteiger partial charge in [0.2, 0.25) is 0 Å². The van der Waals surface area contributed by atoms with E-state index in [9.17, 15) is 9.59 Å². The van der Waals surface area contributed by atoms with Crippen LogP contribution in [0.5, 0.6) is 5.75 Å². The molecule has 0 heterocycles. The van der Waals surface area contributed by atoms with Crippen molar-refractivity contribution in [3.63, 3.8) is 0 Å². The summed E-state index contributed by atoms with van der Waals surface area (Å²) < 4.78 is 10.5. The Labute approximate surface area is 159 Å². The zero-order chi connectivity index (χ0) is 19.6. The van der Waals surface area contributed by atoms with Crippen molar-refractivity contribution >= 4 is 11.9 Å². The van der Waals surface area contributed by atoms with Crippen molar-refractivity contribution in [1.82, 2.24) is 4.90 Å². The van der Waals surface area contributed by atoms with E-state index in [1.807, 2.05) is 54.6 Å². The number of aliphatic carboxylic acids is 1. The van der Waals surface area contributed by atoms with E-state index < -0.39 is 5.97 Å². The maximum Gasteiger partial charge on any atom is 0.317 e. The standard InChI is InChI=1S/C21H25NO5/c1-22(14-20(23)24)18(13-21(25)26-2)12-16-8-10-19(11-9-16)27-15-17-6-4-3-5-7-17/h3-11,18H,12-15H2,1-2H3,(H,23,24)/t18-/m0/s1. The maximum atomic E-state index is 11.7. The van der Waals surface area contributed by atoms with E-state index in [0.29, 0.717) is 13.0 Å². The third-order valence-electron chi connectivity index (χ3n) is 4.28. The molecule has 0 spiro atoms. The van der Waals surface area contributed by atoms with Crippen LogP contribution in [0.2, 0.25) is 0 Å². The Kier molecular flexibility index (Phi) is 7.82. The summed E-state index contributed by atoms with van der Waals surface area (Å²) in [5.74, 6) is -0.539. The molecular formula is C21H25NO5. The number of esters is 1. The molecule has 6 nitrogen and oxygen atoms in total. The lowest BCUT2D eigenvalue weighted by Crippen LogP contribution is -2.39. The first-order valence-electron chi connectivity index (χ1n) is 8.72. The fourth-order valence-electron chi connectivity index (χ4n) is 2.74. The molecular weight excluding hydrogens is 346 g/mol. The Morgan fingerprint density at radius 2 is 1.70 bits per heavy atom. The van der Waals surface area contributed by atoms with E-state index in [0.717, 1.165) is 16.9 Å². The van der Waals surface area contributed by atoms with Gasteiger partial charge in [-0.25, -0.2) is 0 Å². The van der Waals surface area contributed by atoms with E-state index in [-0.39, 0.29) is 25.0 Å². The minimum atomic E-state index is -0.933. The summed E-state index contributed by atoms with van der Waals surface area (Å²) in [6.07, 6.45) is 0.671. The smallest absolute Gasteiger partial charge is 0.317 e. The molecule has 0 aliphatic rings. The lowest BCUT2D eigenvalue weighted by Gasteiger charge is -2.26. The molecule has 0 aliphatic heterocycles. The Bertz CT molecular complexity index is 730. The second kappa shape index (κ2) is 10.3. The third kappa shape index (κ3) is 7.11. The van der Waals surface area contributed by atoms with Gasteiger partial charge in [0.05, 0.1) is 20.1 Å². The predicted molar refractivity (Wildman–Crippen MR) is 102 cm³/mol. The van der Waals surface area contributed by atoms with Gasteiger partial charge in [0, 0.05) is 6.04 Å². The first-order chi connectivity index (χ1) is 13.0. The summed E-state index contributed by atoms with van der Waals surface area (Å²) in [7, 11) is 3.02. The minimum absolute atomic E-state index is 0.131. The summed E-state index contributed by atoms with van der Waals surface area (Å²) in [4.78, 5) is 24.3. The summed E-state index contributed by atoms with van der Waals surface area (Å²) in [5.41, 5.74) is 2.09. The number of nitrogens with zero attached hydrogens (tertiary/aromatic N) is 1. The van der Waals surface area contributed by atoms with Gasteiger partial charge in [0.15, 0.2) is 0 Å². The molecule has 0 radical (unpaired) electrons. The number of ether oxygens (including phenoxy) is 2. The number of carbonyl (C=O) groups excluding carboxylic acids is 1. The van der Waals surface area contributed by atoms with Crippen molar-refractivity contribution in [2.75, 3.05) is 20.7 Å². The fraction of sp³-hybridized carbons (Fsp3) is 0.333. The number of likely N-dealkylation sites (N-methyl/N-ethyl adjacent to an activating group) is 1. The first-order valence-corrected chi connectivity index (χ1v) is 8.72. The average Bonchev–Trinajstić information content (AvgIpc) is 2.67. The molecule has 2 aromatic carbocycles. The molecule has 0 saturated heterocycles. The van der Waals surface area contributed by atoms with Crippen molar-refractivity contribution in [3.8, 4) is 5.75 Å². The summed E-state index contributed by atoms with van der Waals surface area (Å²) in [5, 5.41) is 9.01. The summed E-state index contributed by atoms with van der Waals surface area (Å²) >= 11 is 0. The van der Waals surface area contributed by atoms with Crippen LogP contribution in [-0.2, 0) is 27.4 Å². The average molecular weight is 371 g/mol. The van der Waals surface area contributed by atoms with E-state index in [2.05, 4.69) is 0 Å². The van der Waals surface area contributed by atoms with Crippen molar-refractivity contribution in [1.29, 1.82) is 0 Å². The van der Waals surface area contributed by atoms with Gasteiger partial charge < -0.3 is 14.6 Å². The topological polar surface area (TPSA) is 76.1 Å². The van der Waals surface area contributed by atoms with Crippen LogP contribution in [0.1, 0.15) is 17.5 Å². The highest BCUT2D eigenvalue weighted by Gasteiger charge is 2.21. The first kappa shape index (κ1) is 20.5. The molecule has 0 saturated carbocycles. The third-order valence-corrected chi connectivity index (χ3v) is 4.28. The highest BCUT2D eigenvalue weighted by atomic mass is 16.5. The zero-order valence-corrected chi connectivity index (χ0v) is 15.6. The van der Waals surface area contributed by atoms with Gasteiger partial charge in [-0.05, 0) is 36.7 Å². The van der Waals surface area contributed by atoms with Crippen LogP contribution in [0.4, 0.5) is 0 Å². The normalized spacial score (nSPS) is 11.8. The van der Waals surface area contributed by atoms with Crippen molar-refractivity contribution < 1.29 is 24.2 Å². The molecule has 0 aliphatic carbocycles. The summed E-state index contributed by atoms with van der Waals surface area (Å²) in [6.45, 7) is 0.354. The molecule has 0 unspecified atom stereocenters. The number of methoxy groups -OCH3 is 1. The molecule has 27 heavy (non-hydrogen) atoms. The lowest BCUT2D eigenvalue weighted by molar-refractivity contribution is -0.144. The van der Waals surface area contributed by atoms with E-state index in [1.165, 1.54) is 7.11 Å². The predicted octanol–water partition coefficient (Wildman–Crippen LogP) is 2.76. The van der Waals surface area contributed by atoms with Crippen molar-refractivity contribution in [2.24, 2.45) is 0 Å². The van der Waals surface area contributed by atoms with Gasteiger partial charge in [-0.1, -0.05) is 42.5 Å². The Balaban J connectivity index is 1.97. The van der Waals surface area contributed by atoms with E-state index >= 15 is 0 Å². The molecule has 2 aromatic rings. The number of rotatable bonds is 10. The van der Waals surface area contributed by atoms with Gasteiger partial charge in [-0.3, -0.25) is 14.5 Å². The maximum absolute atomic E-state index is 11.7. The second-order valence-corrected chi connectivity index (χ2v) is 6.37. The second-order valence-electron chi connectivity index (χ2n) is 6.37. The minimum Gasteiger partial charge on any atom is -0.489 e. The molecule has 6 heteroatoms. The molecule has 0 bridgehead atoms. The van der Waals surface area contributed by atoms with Gasteiger partial charge >= 0.3 is 11.9 Å². The molecule has 1 atom stereocenters. The highest BCUT2D eigenvalue weighted by Crippen LogP contribution is 2.17. The van der Waals surface area contributed by atoms with E-state index in [4.69, 9.17) is 14.6 Å². The van der Waals surface area contributed by atoms with Crippen LogP contribution < -0.4 is 4.74 Å². The summed E-state index contributed by atoms with van der Waals surface area (Å²) in [6, 6.07) is 17.3. The van der Waals surface area contributed by atoms with Gasteiger partial charge in [0.25, 0.3) is 0 Å². The molecule has 0 fully saturated rings. The fourth-order valence-corrected chi connectivity index (χ4v) is 2.74. The van der Waals surface area contributed by atoms with Gasteiger partial charge in [-0.15, -0.1) is 0 Å². The molecule has 0 amide bonds. The van der Waals surface area contributed by atoms with Crippen LogP contribution in [0, 0.1) is 0 Å². The molecule has 0 aromatic heterocycles. The Hall–Kier alpha value is -2.86. The molecule has 1 N–H and O–H groups in total. The van der Waals surface area contributed by atoms with Gasteiger partial charge in [0.1, 0.15) is 12.4 Å². The van der Waals surface area contributed by atoms with Crippen LogP contribution in [0.3, 0.4) is 0 Å². The number of benzene rings is 2. The number of hydrogen-bond donors (Lipinski definition) is 1. The number of carboxylic acid groups (broad SMARTS) is 1. The van der Waals surface area contributed by atoms with E-state index in [1.54, 1.807) is 11.9 Å². The number of carboxylic acids is 1. The van der Waals surface area contributed by atoms with Crippen molar-refractivity contribution in [2.45, 2.75) is 25.5 Å². The van der Waals surface area contributed by atoms with Gasteiger partial charge in [-0.2, -0.15) is 0 Å². The largest absolute Gasteiger partial charge is 0.489 e. The lowest BCUT2D eigenvalue weighted by atomic mass is 10.0. The van der Waals surface area contributed by atoms with Crippen molar-refractivity contribution in [3.05, 3.63) is 65.7 Å². The number of hydrogen-bond acceptors (Lipinski definition) is 5. The van der Waals surface area contributed by atoms with Crippen LogP contribution in [0.15, 0.2) is 54.6 Å². The Morgan fingerprint density at radius 3 is 2.30 bits per heavy atom.